The van der Waals surface area contributed by atoms with Crippen molar-refractivity contribution in [2.45, 2.75) is 39.8 Å². The van der Waals surface area contributed by atoms with E-state index in [1.165, 1.54) is 0 Å². The number of benzene rings is 1. The van der Waals surface area contributed by atoms with E-state index in [1.54, 1.807) is 0 Å². The van der Waals surface area contributed by atoms with Gasteiger partial charge in [0.1, 0.15) is 5.75 Å². The lowest BCUT2D eigenvalue weighted by Crippen LogP contribution is -2.35. The molecule has 0 aliphatic rings. The fourth-order valence-electron chi connectivity index (χ4n) is 1.30. The van der Waals surface area contributed by atoms with Gasteiger partial charge in [-0.15, -0.1) is 0 Å². The molecule has 1 aromatic carbocycles. The predicted molar refractivity (Wildman–Crippen MR) is 67.1 cm³/mol. The van der Waals surface area contributed by atoms with E-state index in [4.69, 9.17) is 0 Å². The minimum atomic E-state index is 0.0582. The molecule has 3 heteroatoms. The summed E-state index contributed by atoms with van der Waals surface area (Å²) in [5.74, 6) is 0.331. The van der Waals surface area contributed by atoms with Crippen LogP contribution in [0.2, 0.25) is 0 Å². The third-order valence-corrected chi connectivity index (χ3v) is 2.70. The van der Waals surface area contributed by atoms with Crippen LogP contribution in [-0.2, 0) is 6.54 Å². The molecular weight excluding hydrogens is 254 g/mol. The first kappa shape index (κ1) is 12.5. The first-order valence-corrected chi connectivity index (χ1v) is 5.82. The fraction of sp³-hybridized carbons (Fsp3) is 0.500. The van der Waals surface area contributed by atoms with Gasteiger partial charge in [-0.3, -0.25) is 0 Å². The summed E-state index contributed by atoms with van der Waals surface area (Å²) in [6, 6.07) is 3.91. The molecule has 0 fully saturated rings. The molecule has 84 valence electrons. The van der Waals surface area contributed by atoms with Gasteiger partial charge in [0.05, 0.1) is 4.47 Å². The molecule has 1 rings (SSSR count). The lowest BCUT2D eigenvalue weighted by atomic mass is 10.1. The largest absolute Gasteiger partial charge is 0.506 e. The van der Waals surface area contributed by atoms with Crippen LogP contribution in [0.5, 0.6) is 5.75 Å². The van der Waals surface area contributed by atoms with Crippen LogP contribution >= 0.6 is 15.9 Å². The van der Waals surface area contributed by atoms with E-state index in [2.05, 4.69) is 42.0 Å². The number of aromatic hydroxyl groups is 1. The van der Waals surface area contributed by atoms with E-state index >= 15 is 0 Å². The molecule has 0 heterocycles. The average molecular weight is 272 g/mol. The van der Waals surface area contributed by atoms with Crippen molar-refractivity contribution in [1.29, 1.82) is 0 Å². The van der Waals surface area contributed by atoms with Crippen LogP contribution in [0.4, 0.5) is 0 Å². The number of phenols is 1. The molecule has 0 aliphatic heterocycles. The molecule has 15 heavy (non-hydrogen) atoms. The highest BCUT2D eigenvalue weighted by atomic mass is 79.9. The van der Waals surface area contributed by atoms with Crippen molar-refractivity contribution in [1.82, 2.24) is 5.32 Å². The summed E-state index contributed by atoms with van der Waals surface area (Å²) >= 11 is 3.34. The SMILES string of the molecule is Cc1cc(Br)c(O)c(CNC(C)(C)C)c1. The van der Waals surface area contributed by atoms with Gasteiger partial charge in [0, 0.05) is 17.6 Å². The summed E-state index contributed by atoms with van der Waals surface area (Å²) in [5, 5.41) is 13.2. The van der Waals surface area contributed by atoms with Crippen molar-refractivity contribution in [2.75, 3.05) is 0 Å². The standard InChI is InChI=1S/C12H18BrNO/c1-8-5-9(7-14-12(2,3)4)11(15)10(13)6-8/h5-6,14-15H,7H2,1-4H3. The molecule has 0 atom stereocenters. The normalized spacial score (nSPS) is 11.8. The Hall–Kier alpha value is -0.540. The smallest absolute Gasteiger partial charge is 0.134 e. The van der Waals surface area contributed by atoms with Crippen molar-refractivity contribution in [3.63, 3.8) is 0 Å². The summed E-state index contributed by atoms with van der Waals surface area (Å²) < 4.78 is 0.758. The number of halogens is 1. The predicted octanol–water partition coefficient (Wildman–Crippen LogP) is 3.35. The molecule has 0 amide bonds. The van der Waals surface area contributed by atoms with E-state index in [9.17, 15) is 5.11 Å². The Kier molecular flexibility index (Phi) is 3.79. The highest BCUT2D eigenvalue weighted by Crippen LogP contribution is 2.29. The van der Waals surface area contributed by atoms with Gasteiger partial charge in [-0.05, 0) is 55.3 Å². The van der Waals surface area contributed by atoms with Gasteiger partial charge in [0.15, 0.2) is 0 Å². The number of aryl methyl sites for hydroxylation is 1. The fourth-order valence-corrected chi connectivity index (χ4v) is 1.92. The average Bonchev–Trinajstić information content (AvgIpc) is 2.07. The second kappa shape index (κ2) is 4.54. The maximum Gasteiger partial charge on any atom is 0.134 e. The molecule has 0 saturated heterocycles. The lowest BCUT2D eigenvalue weighted by molar-refractivity contribution is 0.411. The van der Waals surface area contributed by atoms with E-state index in [0.717, 1.165) is 15.6 Å². The third-order valence-electron chi connectivity index (χ3n) is 2.10. The van der Waals surface area contributed by atoms with Gasteiger partial charge in [0.2, 0.25) is 0 Å². The van der Waals surface area contributed by atoms with Gasteiger partial charge in [0.25, 0.3) is 0 Å². The van der Waals surface area contributed by atoms with E-state index in [-0.39, 0.29) is 5.54 Å². The first-order valence-electron chi connectivity index (χ1n) is 5.02. The van der Waals surface area contributed by atoms with Crippen LogP contribution in [-0.4, -0.2) is 10.6 Å². The van der Waals surface area contributed by atoms with Gasteiger partial charge in [-0.1, -0.05) is 6.07 Å². The van der Waals surface area contributed by atoms with Gasteiger partial charge >= 0.3 is 0 Å². The van der Waals surface area contributed by atoms with Crippen molar-refractivity contribution >= 4 is 15.9 Å². The maximum absolute atomic E-state index is 9.83. The quantitative estimate of drug-likeness (QED) is 0.865. The zero-order valence-corrected chi connectivity index (χ0v) is 11.3. The van der Waals surface area contributed by atoms with Gasteiger partial charge in [-0.2, -0.15) is 0 Å². The summed E-state index contributed by atoms with van der Waals surface area (Å²) in [6.45, 7) is 9.01. The molecule has 0 aromatic heterocycles. The first-order chi connectivity index (χ1) is 6.79. The third kappa shape index (κ3) is 3.84. The number of hydrogen-bond donors (Lipinski definition) is 2. The van der Waals surface area contributed by atoms with Crippen LogP contribution < -0.4 is 5.32 Å². The lowest BCUT2D eigenvalue weighted by Gasteiger charge is -2.21. The Morgan fingerprint density at radius 1 is 1.33 bits per heavy atom. The molecule has 0 spiro atoms. The maximum atomic E-state index is 9.83. The van der Waals surface area contributed by atoms with Gasteiger partial charge in [-0.25, -0.2) is 0 Å². The molecule has 0 saturated carbocycles. The van der Waals surface area contributed by atoms with E-state index in [1.807, 2.05) is 19.1 Å². The van der Waals surface area contributed by atoms with Gasteiger partial charge < -0.3 is 10.4 Å². The van der Waals surface area contributed by atoms with Crippen LogP contribution in [0.15, 0.2) is 16.6 Å². The molecule has 1 aromatic rings. The zero-order chi connectivity index (χ0) is 11.6. The molecular formula is C12H18BrNO. The second-order valence-electron chi connectivity index (χ2n) is 4.86. The minimum absolute atomic E-state index is 0.0582. The Morgan fingerprint density at radius 3 is 2.47 bits per heavy atom. The van der Waals surface area contributed by atoms with Crippen molar-refractivity contribution < 1.29 is 5.11 Å². The van der Waals surface area contributed by atoms with Crippen molar-refractivity contribution in [2.24, 2.45) is 0 Å². The summed E-state index contributed by atoms with van der Waals surface area (Å²) in [7, 11) is 0. The van der Waals surface area contributed by atoms with Crippen molar-refractivity contribution in [3.8, 4) is 5.75 Å². The van der Waals surface area contributed by atoms with E-state index in [0.29, 0.717) is 12.3 Å². The molecule has 0 aliphatic carbocycles. The molecule has 2 N–H and O–H groups in total. The monoisotopic (exact) mass is 271 g/mol. The molecule has 2 nitrogen and oxygen atoms in total. The Labute approximate surface area is 99.8 Å². The summed E-state index contributed by atoms with van der Waals surface area (Å²) in [4.78, 5) is 0. The number of phenolic OH excluding ortho intramolecular Hbond substituents is 1. The Morgan fingerprint density at radius 2 is 1.93 bits per heavy atom. The minimum Gasteiger partial charge on any atom is -0.506 e. The number of nitrogens with one attached hydrogen (secondary N) is 1. The highest BCUT2D eigenvalue weighted by Gasteiger charge is 2.11. The van der Waals surface area contributed by atoms with Crippen LogP contribution in [0.1, 0.15) is 31.9 Å². The Balaban J connectivity index is 2.86. The second-order valence-corrected chi connectivity index (χ2v) is 5.71. The number of rotatable bonds is 2. The highest BCUT2D eigenvalue weighted by molar-refractivity contribution is 9.10. The summed E-state index contributed by atoms with van der Waals surface area (Å²) in [6.07, 6.45) is 0. The molecule has 0 radical (unpaired) electrons. The number of hydrogen-bond acceptors (Lipinski definition) is 2. The molecule has 0 bridgehead atoms. The van der Waals surface area contributed by atoms with E-state index < -0.39 is 0 Å². The van der Waals surface area contributed by atoms with Crippen LogP contribution in [0.25, 0.3) is 0 Å². The molecule has 0 unspecified atom stereocenters. The topological polar surface area (TPSA) is 32.3 Å². The zero-order valence-electron chi connectivity index (χ0n) is 9.69. The summed E-state index contributed by atoms with van der Waals surface area (Å²) in [5.41, 5.74) is 2.13. The van der Waals surface area contributed by atoms with Crippen LogP contribution in [0, 0.1) is 6.92 Å². The Bertz CT molecular complexity index is 355. The van der Waals surface area contributed by atoms with Crippen molar-refractivity contribution in [3.05, 3.63) is 27.7 Å². The van der Waals surface area contributed by atoms with Crippen LogP contribution in [0.3, 0.4) is 0 Å².